The van der Waals surface area contributed by atoms with E-state index in [0.29, 0.717) is 41.7 Å². The van der Waals surface area contributed by atoms with E-state index in [9.17, 15) is 19.8 Å². The minimum Gasteiger partial charge on any atom is -0.478 e. The summed E-state index contributed by atoms with van der Waals surface area (Å²) in [4.78, 5) is 29.8. The molecule has 274 valence electrons. The number of aromatic carboxylic acids is 1. The van der Waals surface area contributed by atoms with Crippen LogP contribution in [0.5, 0.6) is 0 Å². The lowest BCUT2D eigenvalue weighted by molar-refractivity contribution is -0.218. The Balaban J connectivity index is 1.16. The van der Waals surface area contributed by atoms with E-state index in [1.54, 1.807) is 12.1 Å². The van der Waals surface area contributed by atoms with Crippen molar-refractivity contribution in [3.63, 3.8) is 0 Å². The normalized spacial score (nSPS) is 40.8. The van der Waals surface area contributed by atoms with Crippen LogP contribution in [0.3, 0.4) is 0 Å². The number of urea groups is 1. The number of fused-ring (bicyclic) bond motifs is 7. The average Bonchev–Trinajstić information content (AvgIpc) is 3.45. The number of hydrogen-bond acceptors (Lipinski definition) is 4. The number of aliphatic hydroxyl groups excluding tert-OH is 1. The number of nitrogens with one attached hydrogen (secondary N) is 1. The van der Waals surface area contributed by atoms with Crippen LogP contribution in [0.25, 0.3) is 5.57 Å². The second kappa shape index (κ2) is 12.5. The molecule has 0 bridgehead atoms. The molecule has 7 nitrogen and oxygen atoms in total. The Morgan fingerprint density at radius 2 is 1.58 bits per heavy atom. The molecule has 1 aromatic rings. The molecule has 9 unspecified atom stereocenters. The van der Waals surface area contributed by atoms with Gasteiger partial charge in [-0.05, 0) is 139 Å². The zero-order valence-corrected chi connectivity index (χ0v) is 31.7. The van der Waals surface area contributed by atoms with Crippen molar-refractivity contribution in [1.82, 2.24) is 15.1 Å². The maximum absolute atomic E-state index is 14.0. The second-order valence-corrected chi connectivity index (χ2v) is 18.8. The van der Waals surface area contributed by atoms with Gasteiger partial charge in [0.05, 0.1) is 12.2 Å². The van der Waals surface area contributed by atoms with Gasteiger partial charge in [-0.1, -0.05) is 65.0 Å². The van der Waals surface area contributed by atoms with Gasteiger partial charge in [0.1, 0.15) is 0 Å². The van der Waals surface area contributed by atoms with Gasteiger partial charge in [0.15, 0.2) is 0 Å². The molecule has 5 fully saturated rings. The van der Waals surface area contributed by atoms with Gasteiger partial charge < -0.3 is 20.4 Å². The van der Waals surface area contributed by atoms with E-state index in [4.69, 9.17) is 0 Å². The van der Waals surface area contributed by atoms with E-state index in [1.807, 2.05) is 17.0 Å². The number of allylic oxidation sites excluding steroid dienone is 3. The standard InChI is InChI=1S/C43H63N3O4/c1-28(2)31-14-19-43(44-38(50)46-24-22-45(23-25-46)26-27-47)21-20-41(6)33(36(31)43)12-13-35-40(5)17-15-32(29-8-10-30(11-9-29)37(48)49)39(3,4)34(40)16-18-42(35,41)7/h8-11,15,31,33-36,47H,1,12-14,16-27H2,2-7H3,(H,44,50)(H,48,49). The SMILES string of the molecule is C=C(C)C1CCC2(NC(=O)N3CCN(CCO)CC3)CCC3(C)C(CCC4C5(C)CC=C(c6ccc(C(=O)O)cc6)C(C)(C)C5CCC43C)C12. The van der Waals surface area contributed by atoms with Gasteiger partial charge >= 0.3 is 12.0 Å². The molecule has 6 aliphatic rings. The van der Waals surface area contributed by atoms with Crippen LogP contribution in [0.2, 0.25) is 0 Å². The van der Waals surface area contributed by atoms with Crippen LogP contribution in [-0.4, -0.2) is 76.9 Å². The number of hydrogen-bond donors (Lipinski definition) is 3. The highest BCUT2D eigenvalue weighted by atomic mass is 16.4. The van der Waals surface area contributed by atoms with Gasteiger partial charge in [-0.3, -0.25) is 4.90 Å². The highest BCUT2D eigenvalue weighted by Crippen LogP contribution is 2.76. The lowest BCUT2D eigenvalue weighted by atomic mass is 9.33. The average molecular weight is 686 g/mol. The molecule has 3 N–H and O–H groups in total. The molecule has 50 heavy (non-hydrogen) atoms. The van der Waals surface area contributed by atoms with Gasteiger partial charge in [-0.15, -0.1) is 0 Å². The molecule has 4 saturated carbocycles. The van der Waals surface area contributed by atoms with E-state index < -0.39 is 5.97 Å². The number of carbonyl (C=O) groups is 2. The summed E-state index contributed by atoms with van der Waals surface area (Å²) in [7, 11) is 0. The van der Waals surface area contributed by atoms with Gasteiger partial charge in [0.2, 0.25) is 0 Å². The van der Waals surface area contributed by atoms with Crippen molar-refractivity contribution in [2.45, 2.75) is 105 Å². The Morgan fingerprint density at radius 3 is 2.22 bits per heavy atom. The van der Waals surface area contributed by atoms with E-state index in [0.717, 1.165) is 63.8 Å². The summed E-state index contributed by atoms with van der Waals surface area (Å²) in [5, 5.41) is 22.6. The predicted octanol–water partition coefficient (Wildman–Crippen LogP) is 8.11. The molecule has 1 aromatic carbocycles. The third-order valence-corrected chi connectivity index (χ3v) is 16.5. The Morgan fingerprint density at radius 1 is 0.880 bits per heavy atom. The van der Waals surface area contributed by atoms with Crippen LogP contribution in [0.1, 0.15) is 115 Å². The molecule has 0 spiro atoms. The van der Waals surface area contributed by atoms with Crippen molar-refractivity contribution >= 4 is 17.6 Å². The molecule has 7 heteroatoms. The van der Waals surface area contributed by atoms with E-state index in [-0.39, 0.29) is 39.8 Å². The maximum atomic E-state index is 14.0. The van der Waals surface area contributed by atoms with Gasteiger partial charge in [-0.2, -0.15) is 0 Å². The summed E-state index contributed by atoms with van der Waals surface area (Å²) in [6.45, 7) is 23.6. The summed E-state index contributed by atoms with van der Waals surface area (Å²) in [5.41, 5.74) is 4.60. The number of piperazine rings is 1. The van der Waals surface area contributed by atoms with Crippen molar-refractivity contribution < 1.29 is 19.8 Å². The summed E-state index contributed by atoms with van der Waals surface area (Å²) >= 11 is 0. The first kappa shape index (κ1) is 35.7. The maximum Gasteiger partial charge on any atom is 0.335 e. The third-order valence-electron chi connectivity index (χ3n) is 16.5. The summed E-state index contributed by atoms with van der Waals surface area (Å²) in [5.74, 6) is 1.73. The minimum absolute atomic E-state index is 0.0110. The molecule has 5 aliphatic carbocycles. The van der Waals surface area contributed by atoms with Crippen LogP contribution in [0.4, 0.5) is 4.79 Å². The van der Waals surface area contributed by atoms with Gasteiger partial charge in [0.25, 0.3) is 0 Å². The minimum atomic E-state index is -0.875. The Kier molecular flexibility index (Phi) is 8.94. The Bertz CT molecular complexity index is 1540. The molecular weight excluding hydrogens is 622 g/mol. The fraction of sp³-hybridized carbons (Fsp3) is 0.721. The van der Waals surface area contributed by atoms with Crippen LogP contribution < -0.4 is 5.32 Å². The molecule has 1 aliphatic heterocycles. The molecular formula is C43H63N3O4. The number of carboxylic acids is 1. The number of carboxylic acid groups (broad SMARTS) is 1. The first-order valence-electron chi connectivity index (χ1n) is 19.7. The Hall–Kier alpha value is -2.64. The number of β-amino-alcohol motifs (C(OH)–C–C–N with tert-alkyl or cyclic N) is 1. The smallest absolute Gasteiger partial charge is 0.335 e. The largest absolute Gasteiger partial charge is 0.478 e. The van der Waals surface area contributed by atoms with E-state index in [2.05, 4.69) is 64.4 Å². The predicted molar refractivity (Wildman–Crippen MR) is 200 cm³/mol. The first-order valence-corrected chi connectivity index (χ1v) is 19.7. The van der Waals surface area contributed by atoms with Crippen LogP contribution in [0.15, 0.2) is 42.5 Å². The number of rotatable bonds is 6. The number of carbonyl (C=O) groups excluding carboxylic acids is 1. The lowest BCUT2D eigenvalue weighted by Gasteiger charge is -2.72. The number of amides is 2. The summed E-state index contributed by atoms with van der Waals surface area (Å²) in [6.07, 6.45) is 12.9. The number of aliphatic hydroxyl groups is 1. The summed E-state index contributed by atoms with van der Waals surface area (Å²) < 4.78 is 0. The molecule has 7 rings (SSSR count). The monoisotopic (exact) mass is 685 g/mol. The highest BCUT2D eigenvalue weighted by Gasteiger charge is 2.70. The lowest BCUT2D eigenvalue weighted by Crippen LogP contribution is -2.69. The second-order valence-electron chi connectivity index (χ2n) is 18.8. The van der Waals surface area contributed by atoms with Crippen molar-refractivity contribution in [2.24, 2.45) is 51.2 Å². The molecule has 1 heterocycles. The van der Waals surface area contributed by atoms with Crippen LogP contribution in [0, 0.1) is 51.2 Å². The fourth-order valence-corrected chi connectivity index (χ4v) is 13.9. The van der Waals surface area contributed by atoms with E-state index >= 15 is 0 Å². The first-order chi connectivity index (χ1) is 23.6. The third kappa shape index (κ3) is 5.25. The molecule has 2 amide bonds. The summed E-state index contributed by atoms with van der Waals surface area (Å²) in [6, 6.07) is 7.66. The van der Waals surface area contributed by atoms with Crippen LogP contribution >= 0.6 is 0 Å². The molecule has 1 saturated heterocycles. The van der Waals surface area contributed by atoms with E-state index in [1.165, 1.54) is 36.8 Å². The zero-order chi connectivity index (χ0) is 35.9. The number of nitrogens with zero attached hydrogens (tertiary/aromatic N) is 2. The van der Waals surface area contributed by atoms with Crippen molar-refractivity contribution in [3.8, 4) is 0 Å². The quantitative estimate of drug-likeness (QED) is 0.263. The zero-order valence-electron chi connectivity index (χ0n) is 31.7. The van der Waals surface area contributed by atoms with Crippen molar-refractivity contribution in [2.75, 3.05) is 39.3 Å². The van der Waals surface area contributed by atoms with Gasteiger partial charge in [0, 0.05) is 38.3 Å². The van der Waals surface area contributed by atoms with Crippen LogP contribution in [-0.2, 0) is 0 Å². The fourth-order valence-electron chi connectivity index (χ4n) is 13.9. The van der Waals surface area contributed by atoms with Crippen molar-refractivity contribution in [3.05, 3.63) is 53.6 Å². The van der Waals surface area contributed by atoms with Gasteiger partial charge in [-0.25, -0.2) is 9.59 Å². The Labute approximate surface area is 301 Å². The topological polar surface area (TPSA) is 93.1 Å². The molecule has 0 aromatic heterocycles. The highest BCUT2D eigenvalue weighted by molar-refractivity contribution is 5.88. The number of benzene rings is 1. The molecule has 9 atom stereocenters. The van der Waals surface area contributed by atoms with Crippen molar-refractivity contribution in [1.29, 1.82) is 0 Å². The molecule has 0 radical (unpaired) electrons.